The van der Waals surface area contributed by atoms with Gasteiger partial charge in [-0.2, -0.15) is 0 Å². The van der Waals surface area contributed by atoms with E-state index in [0.717, 1.165) is 0 Å². The van der Waals surface area contributed by atoms with Crippen molar-refractivity contribution in [1.29, 1.82) is 0 Å². The molecular formula is C19H21ClN2O5S. The first-order valence-corrected chi connectivity index (χ1v) is 10.5. The summed E-state index contributed by atoms with van der Waals surface area (Å²) in [7, 11) is -1.92. The monoisotopic (exact) mass is 424 g/mol. The fourth-order valence-electron chi connectivity index (χ4n) is 2.33. The second-order valence-corrected chi connectivity index (χ2v) is 8.48. The number of anilines is 2. The molecule has 150 valence electrons. The van der Waals surface area contributed by atoms with Gasteiger partial charge in [0, 0.05) is 12.6 Å². The van der Waals surface area contributed by atoms with Gasteiger partial charge in [0.15, 0.2) is 0 Å². The highest BCUT2D eigenvalue weighted by molar-refractivity contribution is 7.92. The molecule has 2 aromatic carbocycles. The highest BCUT2D eigenvalue weighted by Gasteiger charge is 2.17. The first-order valence-electron chi connectivity index (χ1n) is 8.54. The maximum atomic E-state index is 12.4. The van der Waals surface area contributed by atoms with Crippen molar-refractivity contribution in [2.45, 2.75) is 13.8 Å². The van der Waals surface area contributed by atoms with E-state index in [1.165, 1.54) is 41.7 Å². The molecule has 0 aliphatic carbocycles. The minimum absolute atomic E-state index is 0.0218. The number of hydrogen-bond donors (Lipinski definition) is 1. The van der Waals surface area contributed by atoms with Gasteiger partial charge in [-0.15, -0.1) is 0 Å². The first-order chi connectivity index (χ1) is 13.2. The normalized spacial score (nSPS) is 11.0. The predicted molar refractivity (Wildman–Crippen MR) is 110 cm³/mol. The Kier molecular flexibility index (Phi) is 7.04. The molecule has 0 atom stereocenters. The van der Waals surface area contributed by atoms with E-state index in [1.807, 2.05) is 0 Å². The number of nitrogens with one attached hydrogen (secondary N) is 1. The zero-order valence-corrected chi connectivity index (χ0v) is 17.3. The molecule has 9 heteroatoms. The van der Waals surface area contributed by atoms with Crippen LogP contribution in [0.1, 0.15) is 34.6 Å². The van der Waals surface area contributed by atoms with Gasteiger partial charge in [0.25, 0.3) is 5.91 Å². The van der Waals surface area contributed by atoms with E-state index < -0.39 is 21.9 Å². The van der Waals surface area contributed by atoms with Crippen molar-refractivity contribution < 1.29 is 22.7 Å². The lowest BCUT2D eigenvalue weighted by molar-refractivity contribution is 0.0526. The number of carbonyl (C=O) groups is 2. The molecule has 0 fully saturated rings. The Hall–Kier alpha value is -2.58. The van der Waals surface area contributed by atoms with Crippen molar-refractivity contribution in [2.24, 2.45) is 0 Å². The van der Waals surface area contributed by atoms with Crippen molar-refractivity contribution in [3.63, 3.8) is 0 Å². The molecule has 0 bridgehead atoms. The van der Waals surface area contributed by atoms with Crippen molar-refractivity contribution in [3.05, 3.63) is 58.6 Å². The minimum atomic E-state index is -3.38. The number of benzene rings is 2. The van der Waals surface area contributed by atoms with Crippen LogP contribution in [0.5, 0.6) is 0 Å². The van der Waals surface area contributed by atoms with E-state index in [4.69, 9.17) is 16.3 Å². The third-order valence-corrected chi connectivity index (χ3v) is 6.09. The summed E-state index contributed by atoms with van der Waals surface area (Å²) in [5, 5.41) is 2.86. The highest BCUT2D eigenvalue weighted by Crippen LogP contribution is 2.25. The number of amides is 1. The smallest absolute Gasteiger partial charge is 0.338 e. The Morgan fingerprint density at radius 3 is 2.21 bits per heavy atom. The van der Waals surface area contributed by atoms with Gasteiger partial charge in [0.2, 0.25) is 10.0 Å². The molecule has 0 unspecified atom stereocenters. The lowest BCUT2D eigenvalue weighted by Crippen LogP contribution is -2.28. The third-order valence-electron chi connectivity index (χ3n) is 4.00. The summed E-state index contributed by atoms with van der Waals surface area (Å²) in [5.41, 5.74) is 1.41. The molecular weight excluding hydrogens is 404 g/mol. The zero-order chi connectivity index (χ0) is 20.9. The van der Waals surface area contributed by atoms with Crippen LogP contribution in [0.25, 0.3) is 0 Å². The van der Waals surface area contributed by atoms with E-state index in [2.05, 4.69) is 5.32 Å². The number of halogens is 1. The lowest BCUT2D eigenvalue weighted by atomic mass is 10.1. The van der Waals surface area contributed by atoms with Gasteiger partial charge in [-0.1, -0.05) is 11.6 Å². The predicted octanol–water partition coefficient (Wildman–Crippen LogP) is 3.55. The second kappa shape index (κ2) is 9.07. The van der Waals surface area contributed by atoms with Crippen molar-refractivity contribution in [2.75, 3.05) is 29.0 Å². The minimum Gasteiger partial charge on any atom is -0.462 e. The van der Waals surface area contributed by atoms with E-state index in [9.17, 15) is 18.0 Å². The molecule has 0 aromatic heterocycles. The Bertz CT molecular complexity index is 974. The molecule has 1 amide bonds. The summed E-state index contributed by atoms with van der Waals surface area (Å²) in [6.45, 7) is 3.51. The Morgan fingerprint density at radius 1 is 1.07 bits per heavy atom. The van der Waals surface area contributed by atoms with E-state index >= 15 is 0 Å². The van der Waals surface area contributed by atoms with Crippen LogP contribution in [0.4, 0.5) is 11.4 Å². The molecule has 0 aliphatic heterocycles. The first kappa shape index (κ1) is 21.7. The number of ether oxygens (including phenoxy) is 1. The fourth-order valence-corrected chi connectivity index (χ4v) is 3.39. The van der Waals surface area contributed by atoms with Gasteiger partial charge in [0.1, 0.15) is 0 Å². The highest BCUT2D eigenvalue weighted by atomic mass is 35.5. The molecule has 28 heavy (non-hydrogen) atoms. The molecule has 2 rings (SSSR count). The SMILES string of the molecule is CCOC(=O)c1ccc(NC(=O)c2ccc(N(C)S(=O)(=O)CC)cc2)c(Cl)c1. The Morgan fingerprint density at radius 2 is 1.68 bits per heavy atom. The van der Waals surface area contributed by atoms with Crippen LogP contribution in [0, 0.1) is 0 Å². The van der Waals surface area contributed by atoms with E-state index in [0.29, 0.717) is 16.9 Å². The van der Waals surface area contributed by atoms with Crippen LogP contribution in [-0.4, -0.2) is 39.7 Å². The van der Waals surface area contributed by atoms with E-state index in [1.54, 1.807) is 26.0 Å². The maximum Gasteiger partial charge on any atom is 0.338 e. The summed E-state index contributed by atoms with van der Waals surface area (Å²) < 4.78 is 29.9. The van der Waals surface area contributed by atoms with Crippen LogP contribution in [0.3, 0.4) is 0 Å². The molecule has 0 saturated carbocycles. The topological polar surface area (TPSA) is 92.8 Å². The molecule has 1 N–H and O–H groups in total. The molecule has 7 nitrogen and oxygen atoms in total. The molecule has 0 saturated heterocycles. The lowest BCUT2D eigenvalue weighted by Gasteiger charge is -2.18. The quantitative estimate of drug-likeness (QED) is 0.686. The van der Waals surface area contributed by atoms with Crippen LogP contribution in [0.2, 0.25) is 5.02 Å². The number of carbonyl (C=O) groups excluding carboxylic acids is 2. The van der Waals surface area contributed by atoms with Crippen LogP contribution < -0.4 is 9.62 Å². The van der Waals surface area contributed by atoms with Crippen LogP contribution in [-0.2, 0) is 14.8 Å². The number of esters is 1. The molecule has 2 aromatic rings. The summed E-state index contributed by atoms with van der Waals surface area (Å²) in [6.07, 6.45) is 0. The molecule has 0 spiro atoms. The Balaban J connectivity index is 2.14. The molecule has 0 radical (unpaired) electrons. The van der Waals surface area contributed by atoms with Crippen molar-refractivity contribution in [1.82, 2.24) is 0 Å². The third kappa shape index (κ3) is 5.02. The van der Waals surface area contributed by atoms with Gasteiger partial charge >= 0.3 is 5.97 Å². The van der Waals surface area contributed by atoms with Crippen molar-refractivity contribution >= 4 is 44.9 Å². The number of hydrogen-bond acceptors (Lipinski definition) is 5. The zero-order valence-electron chi connectivity index (χ0n) is 15.7. The van der Waals surface area contributed by atoms with Gasteiger partial charge in [-0.25, -0.2) is 13.2 Å². The summed E-state index contributed by atoms with van der Waals surface area (Å²) in [6, 6.07) is 10.6. The van der Waals surface area contributed by atoms with Crippen LogP contribution >= 0.6 is 11.6 Å². The second-order valence-electron chi connectivity index (χ2n) is 5.78. The number of rotatable bonds is 7. The standard InChI is InChI=1S/C19H21ClN2O5S/c1-4-27-19(24)14-8-11-17(16(20)12-14)21-18(23)13-6-9-15(10-7-13)22(3)28(25,26)5-2/h6-12H,4-5H2,1-3H3,(H,21,23). The summed E-state index contributed by atoms with van der Waals surface area (Å²) >= 11 is 6.14. The fraction of sp³-hybridized carbons (Fsp3) is 0.263. The average Bonchev–Trinajstić information content (AvgIpc) is 2.69. The largest absolute Gasteiger partial charge is 0.462 e. The van der Waals surface area contributed by atoms with Gasteiger partial charge in [0.05, 0.1) is 34.3 Å². The van der Waals surface area contributed by atoms with Gasteiger partial charge < -0.3 is 10.1 Å². The Labute approximate surface area is 169 Å². The summed E-state index contributed by atoms with van der Waals surface area (Å²) in [4.78, 5) is 24.1. The van der Waals surface area contributed by atoms with E-state index in [-0.39, 0.29) is 22.9 Å². The number of nitrogens with zero attached hydrogens (tertiary/aromatic N) is 1. The van der Waals surface area contributed by atoms with Gasteiger partial charge in [-0.05, 0) is 56.3 Å². The van der Waals surface area contributed by atoms with Gasteiger partial charge in [-0.3, -0.25) is 9.10 Å². The molecule has 0 aliphatic rings. The maximum absolute atomic E-state index is 12.4. The van der Waals surface area contributed by atoms with Crippen LogP contribution in [0.15, 0.2) is 42.5 Å². The summed E-state index contributed by atoms with van der Waals surface area (Å²) in [5.74, 6) is -0.936. The molecule has 0 heterocycles. The van der Waals surface area contributed by atoms with Crippen molar-refractivity contribution in [3.8, 4) is 0 Å². The average molecular weight is 425 g/mol. The number of sulfonamides is 1.